The van der Waals surface area contributed by atoms with E-state index in [0.29, 0.717) is 4.99 Å². The number of hydrogen-bond acceptors (Lipinski definition) is 3. The quantitative estimate of drug-likeness (QED) is 0.635. The van der Waals surface area contributed by atoms with E-state index < -0.39 is 0 Å². The fourth-order valence-corrected chi connectivity index (χ4v) is 2.43. The van der Waals surface area contributed by atoms with Crippen LogP contribution in [0.15, 0.2) is 33.6 Å². The molecule has 1 heterocycles. The van der Waals surface area contributed by atoms with Crippen molar-refractivity contribution in [1.82, 2.24) is 5.32 Å². The molecule has 0 spiro atoms. The van der Waals surface area contributed by atoms with Gasteiger partial charge in [-0.2, -0.15) is 0 Å². The molecule has 1 aromatic rings. The number of nitrogens with one attached hydrogen (secondary N) is 1. The monoisotopic (exact) mass is 299 g/mol. The summed E-state index contributed by atoms with van der Waals surface area (Å²) in [5, 5.41) is 2.47. The molecule has 1 fully saturated rings. The Hall–Kier alpha value is -0.650. The summed E-state index contributed by atoms with van der Waals surface area (Å²) < 4.78 is 1.03. The third kappa shape index (κ3) is 2.68. The Morgan fingerprint density at radius 1 is 1.33 bits per heavy atom. The zero-order valence-corrected chi connectivity index (χ0v) is 10.7. The van der Waals surface area contributed by atoms with Crippen molar-refractivity contribution in [3.05, 3.63) is 39.2 Å². The standard InChI is InChI=1S/C10H6BrNOS2/c11-7-3-1-6(2-4-7)5-8-9(14)12-10(13)15-8/h1-5H,(H,12,13,14)/b8-5-. The highest BCUT2D eigenvalue weighted by Crippen LogP contribution is 2.26. The molecule has 1 aromatic carbocycles. The molecule has 0 unspecified atom stereocenters. The second-order valence-corrected chi connectivity index (χ2v) is 5.24. The Morgan fingerprint density at radius 3 is 2.53 bits per heavy atom. The van der Waals surface area contributed by atoms with Crippen molar-refractivity contribution in [2.75, 3.05) is 0 Å². The van der Waals surface area contributed by atoms with Gasteiger partial charge in [0.1, 0.15) is 4.99 Å². The molecule has 76 valence electrons. The molecule has 0 atom stereocenters. The Labute approximate surface area is 105 Å². The minimum atomic E-state index is -0.108. The van der Waals surface area contributed by atoms with E-state index >= 15 is 0 Å². The van der Waals surface area contributed by atoms with Crippen molar-refractivity contribution in [3.8, 4) is 0 Å². The van der Waals surface area contributed by atoms with Crippen LogP contribution in [-0.2, 0) is 0 Å². The average molecular weight is 300 g/mol. The molecule has 0 radical (unpaired) electrons. The van der Waals surface area contributed by atoms with E-state index in [-0.39, 0.29) is 5.24 Å². The van der Waals surface area contributed by atoms with E-state index in [1.807, 2.05) is 30.3 Å². The smallest absolute Gasteiger partial charge is 0.289 e. The number of thiocarbonyl (C=S) groups is 1. The maximum absolute atomic E-state index is 11.0. The molecule has 0 aromatic heterocycles. The van der Waals surface area contributed by atoms with Crippen LogP contribution in [0.1, 0.15) is 5.56 Å². The number of benzene rings is 1. The van der Waals surface area contributed by atoms with Gasteiger partial charge in [-0.1, -0.05) is 40.3 Å². The van der Waals surface area contributed by atoms with E-state index in [9.17, 15) is 4.79 Å². The lowest BCUT2D eigenvalue weighted by molar-refractivity contribution is 0.265. The Kier molecular flexibility index (Phi) is 3.23. The van der Waals surface area contributed by atoms with Crippen molar-refractivity contribution >= 4 is 56.2 Å². The summed E-state index contributed by atoms with van der Waals surface area (Å²) in [5.74, 6) is 0. The first-order chi connectivity index (χ1) is 7.15. The number of thioether (sulfide) groups is 1. The van der Waals surface area contributed by atoms with Crippen LogP contribution in [0.4, 0.5) is 4.79 Å². The second kappa shape index (κ2) is 4.47. The van der Waals surface area contributed by atoms with Crippen molar-refractivity contribution in [2.45, 2.75) is 0 Å². The number of halogens is 1. The molecule has 1 saturated heterocycles. The van der Waals surface area contributed by atoms with Gasteiger partial charge in [-0.25, -0.2) is 0 Å². The number of hydrogen-bond donors (Lipinski definition) is 1. The molecule has 0 saturated carbocycles. The summed E-state index contributed by atoms with van der Waals surface area (Å²) >= 11 is 9.50. The summed E-state index contributed by atoms with van der Waals surface area (Å²) in [4.78, 5) is 12.3. The molecule has 1 aliphatic heterocycles. The number of carbonyl (C=O) groups excluding carboxylic acids is 1. The fourth-order valence-electron chi connectivity index (χ4n) is 1.13. The van der Waals surface area contributed by atoms with Gasteiger partial charge in [0.2, 0.25) is 0 Å². The maximum Gasteiger partial charge on any atom is 0.289 e. The first-order valence-electron chi connectivity index (χ1n) is 4.15. The highest BCUT2D eigenvalue weighted by molar-refractivity contribution is 9.10. The van der Waals surface area contributed by atoms with Gasteiger partial charge >= 0.3 is 0 Å². The molecule has 0 bridgehead atoms. The molecule has 1 N–H and O–H groups in total. The van der Waals surface area contributed by atoms with Crippen LogP contribution in [0, 0.1) is 0 Å². The molecule has 15 heavy (non-hydrogen) atoms. The highest BCUT2D eigenvalue weighted by atomic mass is 79.9. The minimum absolute atomic E-state index is 0.108. The van der Waals surface area contributed by atoms with E-state index in [1.54, 1.807) is 0 Å². The van der Waals surface area contributed by atoms with Crippen molar-refractivity contribution in [3.63, 3.8) is 0 Å². The van der Waals surface area contributed by atoms with Gasteiger partial charge in [-0.15, -0.1) is 0 Å². The number of amides is 1. The predicted molar refractivity (Wildman–Crippen MR) is 70.8 cm³/mol. The van der Waals surface area contributed by atoms with E-state index in [1.165, 1.54) is 0 Å². The van der Waals surface area contributed by atoms with E-state index in [0.717, 1.165) is 26.7 Å². The first-order valence-corrected chi connectivity index (χ1v) is 6.17. The third-order valence-electron chi connectivity index (χ3n) is 1.81. The summed E-state index contributed by atoms with van der Waals surface area (Å²) in [6.07, 6.45) is 1.90. The van der Waals surface area contributed by atoms with E-state index in [4.69, 9.17) is 12.2 Å². The average Bonchev–Trinajstić information content (AvgIpc) is 2.49. The van der Waals surface area contributed by atoms with Crippen LogP contribution >= 0.6 is 39.9 Å². The van der Waals surface area contributed by atoms with Gasteiger partial charge in [-0.05, 0) is 35.5 Å². The number of carbonyl (C=O) groups is 1. The van der Waals surface area contributed by atoms with Gasteiger partial charge in [0.25, 0.3) is 5.24 Å². The summed E-state index contributed by atoms with van der Waals surface area (Å²) in [7, 11) is 0. The van der Waals surface area contributed by atoms with Crippen molar-refractivity contribution in [1.29, 1.82) is 0 Å². The van der Waals surface area contributed by atoms with Crippen LogP contribution in [0.2, 0.25) is 0 Å². The molecular weight excluding hydrogens is 294 g/mol. The van der Waals surface area contributed by atoms with Gasteiger partial charge in [-0.3, -0.25) is 4.79 Å². The lowest BCUT2D eigenvalue weighted by Gasteiger charge is -1.96. The molecular formula is C10H6BrNOS2. The number of rotatable bonds is 1. The van der Waals surface area contributed by atoms with Crippen molar-refractivity contribution < 1.29 is 4.79 Å². The summed E-state index contributed by atoms with van der Waals surface area (Å²) in [5.41, 5.74) is 1.03. The molecule has 1 amide bonds. The van der Waals surface area contributed by atoms with Crippen LogP contribution in [-0.4, -0.2) is 10.2 Å². The lowest BCUT2D eigenvalue weighted by atomic mass is 10.2. The van der Waals surface area contributed by atoms with Gasteiger partial charge in [0.05, 0.1) is 4.91 Å². The van der Waals surface area contributed by atoms with Crippen LogP contribution in [0.5, 0.6) is 0 Å². The summed E-state index contributed by atoms with van der Waals surface area (Å²) in [6, 6.07) is 7.82. The maximum atomic E-state index is 11.0. The predicted octanol–water partition coefficient (Wildman–Crippen LogP) is 3.57. The van der Waals surface area contributed by atoms with Crippen molar-refractivity contribution in [2.24, 2.45) is 0 Å². The summed E-state index contributed by atoms with van der Waals surface area (Å²) in [6.45, 7) is 0. The van der Waals surface area contributed by atoms with Gasteiger partial charge in [0, 0.05) is 4.47 Å². The zero-order chi connectivity index (χ0) is 10.8. The zero-order valence-electron chi connectivity index (χ0n) is 7.49. The Bertz CT molecular complexity index is 453. The van der Waals surface area contributed by atoms with Gasteiger partial charge in [0.15, 0.2) is 0 Å². The van der Waals surface area contributed by atoms with E-state index in [2.05, 4.69) is 21.2 Å². The molecule has 2 rings (SSSR count). The van der Waals surface area contributed by atoms with Crippen LogP contribution in [0.3, 0.4) is 0 Å². The van der Waals surface area contributed by atoms with Gasteiger partial charge < -0.3 is 5.32 Å². The fraction of sp³-hybridized carbons (Fsp3) is 0. The Morgan fingerprint density at radius 2 is 2.00 bits per heavy atom. The molecule has 0 aliphatic carbocycles. The largest absolute Gasteiger partial charge is 0.307 e. The minimum Gasteiger partial charge on any atom is -0.307 e. The molecule has 2 nitrogen and oxygen atoms in total. The topological polar surface area (TPSA) is 29.1 Å². The molecule has 5 heteroatoms. The first kappa shape index (κ1) is 10.9. The molecule has 1 aliphatic rings. The Balaban J connectivity index is 2.27. The van der Waals surface area contributed by atoms with Crippen LogP contribution in [0.25, 0.3) is 6.08 Å². The lowest BCUT2D eigenvalue weighted by Crippen LogP contribution is -2.15. The SMILES string of the molecule is O=C1NC(=S)/C(=C/c2ccc(Br)cc2)S1. The van der Waals surface area contributed by atoms with Crippen LogP contribution < -0.4 is 5.32 Å². The normalized spacial score (nSPS) is 18.3. The third-order valence-corrected chi connectivity index (χ3v) is 3.62. The highest BCUT2D eigenvalue weighted by Gasteiger charge is 2.21. The second-order valence-electron chi connectivity index (χ2n) is 2.90.